The third-order valence-corrected chi connectivity index (χ3v) is 9.19. The maximum Gasteiger partial charge on any atom is 0.274 e. The zero-order chi connectivity index (χ0) is 21.3. The first kappa shape index (κ1) is 21.2. The minimum absolute atomic E-state index is 0.198. The van der Waals surface area contributed by atoms with E-state index in [0.29, 0.717) is 14.9 Å². The first-order chi connectivity index (χ1) is 14.4. The van der Waals surface area contributed by atoms with Crippen molar-refractivity contribution in [3.63, 3.8) is 0 Å². The normalized spacial score (nSPS) is 14.8. The number of nitrogens with zero attached hydrogens (tertiary/aromatic N) is 2. The van der Waals surface area contributed by atoms with Gasteiger partial charge < -0.3 is 10.2 Å². The number of aryl methyl sites for hydroxylation is 1. The van der Waals surface area contributed by atoms with Crippen LogP contribution < -0.4 is 14.5 Å². The molecular formula is C22H24ClN3O2S2. The fourth-order valence-corrected chi connectivity index (χ4v) is 7.18. The van der Waals surface area contributed by atoms with E-state index in [-0.39, 0.29) is 6.54 Å². The maximum absolute atomic E-state index is 13.6. The molecule has 0 saturated carbocycles. The van der Waals surface area contributed by atoms with Crippen molar-refractivity contribution >= 4 is 54.4 Å². The van der Waals surface area contributed by atoms with E-state index in [9.17, 15) is 8.42 Å². The second-order valence-electron chi connectivity index (χ2n) is 7.23. The molecule has 1 fully saturated rings. The van der Waals surface area contributed by atoms with Crippen LogP contribution >= 0.6 is 22.9 Å². The minimum Gasteiger partial charge on any atom is -0.369 e. The smallest absolute Gasteiger partial charge is 0.274 e. The van der Waals surface area contributed by atoms with E-state index in [1.54, 1.807) is 12.1 Å². The number of benzene rings is 2. The fourth-order valence-electron chi connectivity index (χ4n) is 3.73. The summed E-state index contributed by atoms with van der Waals surface area (Å²) in [4.78, 5) is 2.30. The molecule has 1 aliphatic heterocycles. The predicted molar refractivity (Wildman–Crippen MR) is 128 cm³/mol. The lowest BCUT2D eigenvalue weighted by molar-refractivity contribution is 0.589. The maximum atomic E-state index is 13.6. The first-order valence-electron chi connectivity index (χ1n) is 9.80. The van der Waals surface area contributed by atoms with Gasteiger partial charge in [0.2, 0.25) is 0 Å². The number of rotatable bonds is 6. The van der Waals surface area contributed by atoms with Crippen molar-refractivity contribution in [2.24, 2.45) is 0 Å². The van der Waals surface area contributed by atoms with Crippen LogP contribution in [0.25, 0.3) is 10.1 Å². The minimum atomic E-state index is -3.75. The van der Waals surface area contributed by atoms with E-state index in [1.165, 1.54) is 15.6 Å². The monoisotopic (exact) mass is 461 g/mol. The number of hydrogen-bond donors (Lipinski definition) is 1. The summed E-state index contributed by atoms with van der Waals surface area (Å²) in [6, 6.07) is 13.2. The summed E-state index contributed by atoms with van der Waals surface area (Å²) in [5.74, 6) is 0. The van der Waals surface area contributed by atoms with Gasteiger partial charge in [-0.3, -0.25) is 4.31 Å². The van der Waals surface area contributed by atoms with Gasteiger partial charge in [-0.15, -0.1) is 17.9 Å². The van der Waals surface area contributed by atoms with Gasteiger partial charge in [-0.05, 0) is 60.3 Å². The molecule has 0 atom stereocenters. The van der Waals surface area contributed by atoms with Crippen LogP contribution in [0.4, 0.5) is 11.4 Å². The van der Waals surface area contributed by atoms with Crippen LogP contribution in [0.15, 0.2) is 59.3 Å². The summed E-state index contributed by atoms with van der Waals surface area (Å²) >= 11 is 7.40. The van der Waals surface area contributed by atoms with Crippen molar-refractivity contribution in [2.45, 2.75) is 11.1 Å². The van der Waals surface area contributed by atoms with E-state index in [1.807, 2.05) is 43.3 Å². The SMILES string of the molecule is C=CCN(c1ccc(N2CCNCC2)cc1)S(=O)(=O)c1sc2ccc(Cl)cc2c1C. The van der Waals surface area contributed by atoms with Crippen LogP contribution in [0, 0.1) is 6.92 Å². The van der Waals surface area contributed by atoms with Crippen molar-refractivity contribution in [3.05, 3.63) is 65.7 Å². The topological polar surface area (TPSA) is 52.6 Å². The predicted octanol–water partition coefficient (Wildman–Crippen LogP) is 4.65. The molecule has 158 valence electrons. The molecule has 1 saturated heterocycles. The molecule has 1 aromatic heterocycles. The average Bonchev–Trinajstić information content (AvgIpc) is 3.09. The molecule has 4 rings (SSSR count). The van der Waals surface area contributed by atoms with Crippen LogP contribution in [0.2, 0.25) is 5.02 Å². The van der Waals surface area contributed by atoms with Crippen LogP contribution in [0.5, 0.6) is 0 Å². The molecule has 0 spiro atoms. The van der Waals surface area contributed by atoms with Crippen LogP contribution in [0.1, 0.15) is 5.56 Å². The number of hydrogen-bond acceptors (Lipinski definition) is 5. The molecule has 0 aliphatic carbocycles. The zero-order valence-electron chi connectivity index (χ0n) is 16.8. The number of sulfonamides is 1. The highest BCUT2D eigenvalue weighted by atomic mass is 35.5. The van der Waals surface area contributed by atoms with Crippen molar-refractivity contribution < 1.29 is 8.42 Å². The van der Waals surface area contributed by atoms with Gasteiger partial charge in [0.15, 0.2) is 0 Å². The van der Waals surface area contributed by atoms with Gasteiger partial charge in [0.1, 0.15) is 4.21 Å². The summed E-state index contributed by atoms with van der Waals surface area (Å²) in [5.41, 5.74) is 2.46. The van der Waals surface area contributed by atoms with Gasteiger partial charge in [-0.1, -0.05) is 17.7 Å². The molecule has 2 aromatic carbocycles. The molecule has 5 nitrogen and oxygen atoms in total. The number of anilines is 2. The third kappa shape index (κ3) is 3.95. The van der Waals surface area contributed by atoms with E-state index >= 15 is 0 Å². The van der Waals surface area contributed by atoms with E-state index in [0.717, 1.165) is 47.5 Å². The zero-order valence-corrected chi connectivity index (χ0v) is 19.2. The van der Waals surface area contributed by atoms with Crippen molar-refractivity contribution in [1.82, 2.24) is 5.32 Å². The van der Waals surface area contributed by atoms with E-state index in [4.69, 9.17) is 11.6 Å². The number of fused-ring (bicyclic) bond motifs is 1. The standard InChI is InChI=1S/C22H24ClN3O2S2/c1-3-12-26(19-7-5-18(6-8-19)25-13-10-24-11-14-25)30(27,28)22-16(2)20-15-17(23)4-9-21(20)29-22/h3-9,15,24H,1,10-14H2,2H3. The summed E-state index contributed by atoms with van der Waals surface area (Å²) in [6.07, 6.45) is 1.61. The highest BCUT2D eigenvalue weighted by Gasteiger charge is 2.29. The lowest BCUT2D eigenvalue weighted by Crippen LogP contribution is -2.43. The third-order valence-electron chi connectivity index (χ3n) is 5.29. The summed E-state index contributed by atoms with van der Waals surface area (Å²) in [5, 5.41) is 4.81. The van der Waals surface area contributed by atoms with Gasteiger partial charge in [0.25, 0.3) is 10.0 Å². The Kier molecular flexibility index (Phi) is 6.06. The first-order valence-corrected chi connectivity index (χ1v) is 12.4. The highest BCUT2D eigenvalue weighted by molar-refractivity contribution is 7.95. The molecule has 3 aromatic rings. The highest BCUT2D eigenvalue weighted by Crippen LogP contribution is 2.38. The molecule has 1 N–H and O–H groups in total. The van der Waals surface area contributed by atoms with Crippen LogP contribution in [-0.4, -0.2) is 41.1 Å². The summed E-state index contributed by atoms with van der Waals surface area (Å²) in [7, 11) is -3.75. The Morgan fingerprint density at radius 1 is 1.20 bits per heavy atom. The van der Waals surface area contributed by atoms with Crippen LogP contribution in [0.3, 0.4) is 0 Å². The Balaban J connectivity index is 1.71. The molecule has 0 bridgehead atoms. The number of thiophene rings is 1. The largest absolute Gasteiger partial charge is 0.369 e. The number of halogens is 1. The molecule has 0 unspecified atom stereocenters. The lowest BCUT2D eigenvalue weighted by atomic mass is 10.2. The molecule has 8 heteroatoms. The van der Waals surface area contributed by atoms with Crippen molar-refractivity contribution in [1.29, 1.82) is 0 Å². The van der Waals surface area contributed by atoms with Crippen LogP contribution in [-0.2, 0) is 10.0 Å². The van der Waals surface area contributed by atoms with Gasteiger partial charge in [0, 0.05) is 41.6 Å². The summed E-state index contributed by atoms with van der Waals surface area (Å²) in [6.45, 7) is 9.59. The Morgan fingerprint density at radius 2 is 1.90 bits per heavy atom. The molecule has 1 aliphatic rings. The van der Waals surface area contributed by atoms with E-state index in [2.05, 4.69) is 16.8 Å². The van der Waals surface area contributed by atoms with Crippen molar-refractivity contribution in [2.75, 3.05) is 41.9 Å². The molecule has 30 heavy (non-hydrogen) atoms. The second kappa shape index (κ2) is 8.59. The second-order valence-corrected chi connectivity index (χ2v) is 10.8. The van der Waals surface area contributed by atoms with Gasteiger partial charge >= 0.3 is 0 Å². The average molecular weight is 462 g/mol. The Morgan fingerprint density at radius 3 is 2.57 bits per heavy atom. The van der Waals surface area contributed by atoms with Gasteiger partial charge in [0.05, 0.1) is 12.2 Å². The Bertz CT molecular complexity index is 1170. The Labute approximate surface area is 186 Å². The number of nitrogens with one attached hydrogen (secondary N) is 1. The Hall–Kier alpha value is -2.06. The summed E-state index contributed by atoms with van der Waals surface area (Å²) < 4.78 is 29.9. The number of piperazine rings is 1. The quantitative estimate of drug-likeness (QED) is 0.543. The fraction of sp³-hybridized carbons (Fsp3) is 0.273. The van der Waals surface area contributed by atoms with Gasteiger partial charge in [-0.2, -0.15) is 0 Å². The van der Waals surface area contributed by atoms with E-state index < -0.39 is 10.0 Å². The van der Waals surface area contributed by atoms with Crippen molar-refractivity contribution in [3.8, 4) is 0 Å². The van der Waals surface area contributed by atoms with Gasteiger partial charge in [-0.25, -0.2) is 8.42 Å². The lowest BCUT2D eigenvalue weighted by Gasteiger charge is -2.30. The molecule has 2 heterocycles. The molecule has 0 radical (unpaired) electrons. The molecule has 0 amide bonds. The molecular weight excluding hydrogens is 438 g/mol.